The van der Waals surface area contributed by atoms with Crippen molar-refractivity contribution in [3.63, 3.8) is 0 Å². The molecule has 0 aliphatic carbocycles. The Hall–Kier alpha value is -1.33. The number of pyridine rings is 1. The number of aromatic nitrogens is 1. The second kappa shape index (κ2) is 6.56. The van der Waals surface area contributed by atoms with Crippen molar-refractivity contribution in [2.24, 2.45) is 0 Å². The number of nitrogens with one attached hydrogen (secondary N) is 1. The lowest BCUT2D eigenvalue weighted by molar-refractivity contribution is 0.0697. The fourth-order valence-electron chi connectivity index (χ4n) is 1.47. The zero-order valence-corrected chi connectivity index (χ0v) is 11.5. The molecule has 1 unspecified atom stereocenters. The third-order valence-electron chi connectivity index (χ3n) is 2.51. The van der Waals surface area contributed by atoms with E-state index in [0.29, 0.717) is 5.82 Å². The average Bonchev–Trinajstić information content (AvgIpc) is 2.29. The maximum absolute atomic E-state index is 10.9. The van der Waals surface area contributed by atoms with Crippen LogP contribution in [0.25, 0.3) is 0 Å². The Kier molecular flexibility index (Phi) is 5.37. The first-order valence-corrected chi connectivity index (χ1v) is 6.08. The smallest absolute Gasteiger partial charge is 0.337 e. The molecule has 0 spiro atoms. The van der Waals surface area contributed by atoms with E-state index >= 15 is 0 Å². The minimum atomic E-state index is -1.05. The molecule has 2 N–H and O–H groups in total. The van der Waals surface area contributed by atoms with Crippen LogP contribution >= 0.6 is 11.6 Å². The molecule has 0 amide bonds. The highest BCUT2D eigenvalue weighted by Gasteiger charge is 2.14. The summed E-state index contributed by atoms with van der Waals surface area (Å²) in [5.41, 5.74) is 0.0639. The topological polar surface area (TPSA) is 65.5 Å². The van der Waals surface area contributed by atoms with E-state index in [0.717, 1.165) is 13.0 Å². The molecule has 18 heavy (non-hydrogen) atoms. The molecule has 0 saturated carbocycles. The van der Waals surface area contributed by atoms with Gasteiger partial charge < -0.3 is 15.3 Å². The summed E-state index contributed by atoms with van der Waals surface area (Å²) in [5.74, 6) is -0.630. The quantitative estimate of drug-likeness (QED) is 0.830. The first kappa shape index (κ1) is 14.7. The van der Waals surface area contributed by atoms with Crippen molar-refractivity contribution in [2.75, 3.05) is 26.0 Å². The molecule has 0 aromatic carbocycles. The fraction of sp³-hybridized carbons (Fsp3) is 0.500. The van der Waals surface area contributed by atoms with Crippen molar-refractivity contribution in [1.29, 1.82) is 0 Å². The van der Waals surface area contributed by atoms with Gasteiger partial charge in [0.15, 0.2) is 0 Å². The summed E-state index contributed by atoms with van der Waals surface area (Å²) in [4.78, 5) is 17.1. The zero-order valence-electron chi connectivity index (χ0n) is 10.8. The van der Waals surface area contributed by atoms with E-state index in [1.165, 1.54) is 12.3 Å². The van der Waals surface area contributed by atoms with Gasteiger partial charge in [-0.3, -0.25) is 0 Å². The van der Waals surface area contributed by atoms with Gasteiger partial charge in [0.2, 0.25) is 0 Å². The molecule has 1 aromatic rings. The van der Waals surface area contributed by atoms with Crippen LogP contribution in [0.5, 0.6) is 0 Å². The van der Waals surface area contributed by atoms with Gasteiger partial charge in [0.1, 0.15) is 5.82 Å². The SMILES string of the molecule is CC(CCN(C)C)Nc1nccc(C(=O)O)c1Cl. The van der Waals surface area contributed by atoms with Crippen LogP contribution in [0.3, 0.4) is 0 Å². The van der Waals surface area contributed by atoms with Gasteiger partial charge in [-0.25, -0.2) is 9.78 Å². The Bertz CT molecular complexity index is 424. The first-order chi connectivity index (χ1) is 8.41. The molecule has 0 fully saturated rings. The summed E-state index contributed by atoms with van der Waals surface area (Å²) in [7, 11) is 4.01. The number of aromatic carboxylic acids is 1. The molecule has 1 aromatic heterocycles. The molecule has 1 rings (SSSR count). The van der Waals surface area contributed by atoms with E-state index in [4.69, 9.17) is 16.7 Å². The van der Waals surface area contributed by atoms with Gasteiger partial charge in [-0.2, -0.15) is 0 Å². The zero-order chi connectivity index (χ0) is 13.7. The van der Waals surface area contributed by atoms with Gasteiger partial charge in [-0.15, -0.1) is 0 Å². The number of carbonyl (C=O) groups is 1. The lowest BCUT2D eigenvalue weighted by Gasteiger charge is -2.18. The van der Waals surface area contributed by atoms with E-state index in [9.17, 15) is 4.79 Å². The summed E-state index contributed by atoms with van der Waals surface area (Å²) in [5, 5.41) is 12.2. The molecular weight excluding hydrogens is 254 g/mol. The molecule has 100 valence electrons. The van der Waals surface area contributed by atoms with E-state index in [1.807, 2.05) is 21.0 Å². The predicted molar refractivity (Wildman–Crippen MR) is 72.5 cm³/mol. The summed E-state index contributed by atoms with van der Waals surface area (Å²) in [6.07, 6.45) is 2.36. The number of halogens is 1. The lowest BCUT2D eigenvalue weighted by atomic mass is 10.2. The number of nitrogens with zero attached hydrogens (tertiary/aromatic N) is 2. The molecule has 0 aliphatic rings. The van der Waals surface area contributed by atoms with Gasteiger partial charge in [0.05, 0.1) is 10.6 Å². The minimum absolute atomic E-state index is 0.0639. The van der Waals surface area contributed by atoms with Crippen LogP contribution in [0, 0.1) is 0 Å². The summed E-state index contributed by atoms with van der Waals surface area (Å²) in [6, 6.07) is 1.56. The number of carboxylic acid groups (broad SMARTS) is 1. The van der Waals surface area contributed by atoms with E-state index in [-0.39, 0.29) is 16.6 Å². The standard InChI is InChI=1S/C12H18ClN3O2/c1-8(5-7-16(2)3)15-11-10(13)9(12(17)18)4-6-14-11/h4,6,8H,5,7H2,1-3H3,(H,14,15)(H,17,18). The Morgan fingerprint density at radius 1 is 1.61 bits per heavy atom. The molecule has 1 atom stereocenters. The second-order valence-electron chi connectivity index (χ2n) is 4.46. The number of carboxylic acids is 1. The maximum Gasteiger partial charge on any atom is 0.337 e. The second-order valence-corrected chi connectivity index (χ2v) is 4.84. The molecule has 0 saturated heterocycles. The largest absolute Gasteiger partial charge is 0.478 e. The van der Waals surface area contributed by atoms with Crippen molar-refractivity contribution in [3.8, 4) is 0 Å². The normalized spacial score (nSPS) is 12.5. The molecule has 5 nitrogen and oxygen atoms in total. The third-order valence-corrected chi connectivity index (χ3v) is 2.89. The summed E-state index contributed by atoms with van der Waals surface area (Å²) in [6.45, 7) is 2.94. The number of hydrogen-bond donors (Lipinski definition) is 2. The van der Waals surface area contributed by atoms with Crippen molar-refractivity contribution in [1.82, 2.24) is 9.88 Å². The van der Waals surface area contributed by atoms with Gasteiger partial charge >= 0.3 is 5.97 Å². The van der Waals surface area contributed by atoms with Crippen LogP contribution < -0.4 is 5.32 Å². The summed E-state index contributed by atoms with van der Waals surface area (Å²) < 4.78 is 0. The van der Waals surface area contributed by atoms with Crippen molar-refractivity contribution >= 4 is 23.4 Å². The third kappa shape index (κ3) is 4.16. The molecular formula is C12H18ClN3O2. The maximum atomic E-state index is 10.9. The van der Waals surface area contributed by atoms with E-state index < -0.39 is 5.97 Å². The van der Waals surface area contributed by atoms with Gasteiger partial charge in [0.25, 0.3) is 0 Å². The monoisotopic (exact) mass is 271 g/mol. The molecule has 1 heterocycles. The molecule has 6 heteroatoms. The van der Waals surface area contributed by atoms with Crippen LogP contribution in [-0.2, 0) is 0 Å². The molecule has 0 radical (unpaired) electrons. The van der Waals surface area contributed by atoms with Crippen molar-refractivity contribution < 1.29 is 9.90 Å². The van der Waals surface area contributed by atoms with Crippen molar-refractivity contribution in [3.05, 3.63) is 22.8 Å². The molecule has 0 aliphatic heterocycles. The lowest BCUT2D eigenvalue weighted by Crippen LogP contribution is -2.23. The molecule has 0 bridgehead atoms. The number of rotatable bonds is 6. The highest BCUT2D eigenvalue weighted by molar-refractivity contribution is 6.35. The van der Waals surface area contributed by atoms with E-state index in [2.05, 4.69) is 15.2 Å². The van der Waals surface area contributed by atoms with Crippen molar-refractivity contribution in [2.45, 2.75) is 19.4 Å². The summed E-state index contributed by atoms with van der Waals surface area (Å²) >= 11 is 5.99. The van der Waals surface area contributed by atoms with Crippen LogP contribution in [0.15, 0.2) is 12.3 Å². The van der Waals surface area contributed by atoms with Gasteiger partial charge in [0, 0.05) is 12.2 Å². The van der Waals surface area contributed by atoms with Crippen LogP contribution in [0.4, 0.5) is 5.82 Å². The van der Waals surface area contributed by atoms with Crippen LogP contribution in [0.2, 0.25) is 5.02 Å². The highest BCUT2D eigenvalue weighted by atomic mass is 35.5. The number of hydrogen-bond acceptors (Lipinski definition) is 4. The Morgan fingerprint density at radius 3 is 2.83 bits per heavy atom. The van der Waals surface area contributed by atoms with Gasteiger partial charge in [-0.1, -0.05) is 11.6 Å². The predicted octanol–water partition coefficient (Wildman–Crippen LogP) is 2.19. The highest BCUT2D eigenvalue weighted by Crippen LogP contribution is 2.24. The Morgan fingerprint density at radius 2 is 2.28 bits per heavy atom. The van der Waals surface area contributed by atoms with Crippen LogP contribution in [0.1, 0.15) is 23.7 Å². The van der Waals surface area contributed by atoms with Gasteiger partial charge in [-0.05, 0) is 40.1 Å². The van der Waals surface area contributed by atoms with E-state index in [1.54, 1.807) is 0 Å². The number of anilines is 1. The Labute approximate surface area is 112 Å². The average molecular weight is 272 g/mol. The Balaban J connectivity index is 2.73. The fourth-order valence-corrected chi connectivity index (χ4v) is 1.71. The van der Waals surface area contributed by atoms with Crippen LogP contribution in [-0.4, -0.2) is 47.6 Å². The first-order valence-electron chi connectivity index (χ1n) is 5.71. The minimum Gasteiger partial charge on any atom is -0.478 e.